The van der Waals surface area contributed by atoms with Crippen LogP contribution in [0.25, 0.3) is 0 Å². The van der Waals surface area contributed by atoms with Crippen molar-refractivity contribution in [3.8, 4) is 6.07 Å². The van der Waals surface area contributed by atoms with Gasteiger partial charge in [0.05, 0.1) is 26.3 Å². The van der Waals surface area contributed by atoms with Crippen LogP contribution in [0.3, 0.4) is 0 Å². The van der Waals surface area contributed by atoms with Gasteiger partial charge in [-0.25, -0.2) is 4.79 Å². The normalized spacial score (nSPS) is 16.0. The van der Waals surface area contributed by atoms with E-state index in [1.807, 2.05) is 0 Å². The summed E-state index contributed by atoms with van der Waals surface area (Å²) in [6.45, 7) is 2.22. The number of ether oxygens (including phenoxy) is 1. The molecule has 0 unspecified atom stereocenters. The topological polar surface area (TPSA) is 95.6 Å². The molecule has 24 heavy (non-hydrogen) atoms. The van der Waals surface area contributed by atoms with Gasteiger partial charge in [-0.1, -0.05) is 0 Å². The van der Waals surface area contributed by atoms with Gasteiger partial charge in [-0.05, 0) is 45.7 Å². The zero-order chi connectivity index (χ0) is 17.7. The molecular weight excluding hydrogens is 310 g/mol. The van der Waals surface area contributed by atoms with E-state index in [4.69, 9.17) is 9.15 Å². The fraction of sp³-hybridized carbons (Fsp3) is 0.588. The molecule has 0 atom stereocenters. The summed E-state index contributed by atoms with van der Waals surface area (Å²) in [6.07, 6.45) is 3.34. The lowest BCUT2D eigenvalue weighted by Gasteiger charge is -2.23. The first-order valence-corrected chi connectivity index (χ1v) is 7.97. The molecule has 1 fully saturated rings. The Labute approximate surface area is 141 Å². The van der Waals surface area contributed by atoms with Crippen molar-refractivity contribution < 1.29 is 18.7 Å². The lowest BCUT2D eigenvalue weighted by atomic mass is 10.00. The first-order valence-electron chi connectivity index (χ1n) is 7.97. The van der Waals surface area contributed by atoms with E-state index in [0.717, 1.165) is 12.8 Å². The average Bonchev–Trinajstić information content (AvgIpc) is 3.13. The van der Waals surface area contributed by atoms with Crippen molar-refractivity contribution in [2.24, 2.45) is 0 Å². The number of amides is 1. The van der Waals surface area contributed by atoms with E-state index < -0.39 is 11.5 Å². The molecule has 1 heterocycles. The Morgan fingerprint density at radius 3 is 2.71 bits per heavy atom. The second-order valence-electron chi connectivity index (χ2n) is 6.30. The van der Waals surface area contributed by atoms with Gasteiger partial charge in [0.2, 0.25) is 5.91 Å². The largest absolute Gasteiger partial charge is 0.465 e. The van der Waals surface area contributed by atoms with Gasteiger partial charge in [-0.15, -0.1) is 0 Å². The number of rotatable bonds is 6. The predicted octanol–water partition coefficient (Wildman–Crippen LogP) is 1.76. The predicted molar refractivity (Wildman–Crippen MR) is 86.1 cm³/mol. The van der Waals surface area contributed by atoms with Crippen LogP contribution in [-0.2, 0) is 16.1 Å². The Kier molecular flexibility index (Phi) is 5.62. The van der Waals surface area contributed by atoms with E-state index in [1.165, 1.54) is 7.11 Å². The zero-order valence-electron chi connectivity index (χ0n) is 14.3. The number of likely N-dealkylation sites (N-methyl/N-ethyl adjacent to an activating group) is 1. The van der Waals surface area contributed by atoms with Gasteiger partial charge >= 0.3 is 5.97 Å². The highest BCUT2D eigenvalue weighted by molar-refractivity contribution is 5.90. The van der Waals surface area contributed by atoms with Crippen molar-refractivity contribution in [3.05, 3.63) is 23.2 Å². The van der Waals surface area contributed by atoms with Crippen molar-refractivity contribution >= 4 is 11.9 Å². The number of nitrogens with one attached hydrogen (secondary N) is 1. The first-order chi connectivity index (χ1) is 11.4. The summed E-state index contributed by atoms with van der Waals surface area (Å²) >= 11 is 0. The molecule has 0 bridgehead atoms. The standard InChI is InChI=1S/C17H23N3O4/c1-12-14(16(22)23-3)8-13(24-12)9-20(2)10-15(21)19-17(11-18)6-4-5-7-17/h8H,4-7,9-10H2,1-3H3,(H,19,21). The summed E-state index contributed by atoms with van der Waals surface area (Å²) in [4.78, 5) is 25.5. The number of carbonyl (C=O) groups is 2. The monoisotopic (exact) mass is 333 g/mol. The minimum Gasteiger partial charge on any atom is -0.465 e. The number of carbonyl (C=O) groups excluding carboxylic acids is 2. The van der Waals surface area contributed by atoms with Crippen LogP contribution in [0.1, 0.15) is 47.6 Å². The van der Waals surface area contributed by atoms with Crippen LogP contribution in [0.15, 0.2) is 10.5 Å². The van der Waals surface area contributed by atoms with Crippen LogP contribution in [0.4, 0.5) is 0 Å². The molecular formula is C17H23N3O4. The molecule has 7 heteroatoms. The lowest BCUT2D eigenvalue weighted by Crippen LogP contribution is -2.48. The summed E-state index contributed by atoms with van der Waals surface area (Å²) in [5.41, 5.74) is -0.322. The number of hydrogen-bond acceptors (Lipinski definition) is 6. The van der Waals surface area contributed by atoms with Crippen molar-refractivity contribution in [1.82, 2.24) is 10.2 Å². The number of furan rings is 1. The number of nitriles is 1. The fourth-order valence-electron chi connectivity index (χ4n) is 3.05. The molecule has 0 aromatic carbocycles. The van der Waals surface area contributed by atoms with Gasteiger partial charge < -0.3 is 14.5 Å². The third kappa shape index (κ3) is 4.15. The third-order valence-electron chi connectivity index (χ3n) is 4.26. The summed E-state index contributed by atoms with van der Waals surface area (Å²) in [6, 6.07) is 3.87. The average molecular weight is 333 g/mol. The number of aryl methyl sites for hydroxylation is 1. The molecule has 1 saturated carbocycles. The minimum absolute atomic E-state index is 0.150. The molecule has 7 nitrogen and oxygen atoms in total. The van der Waals surface area contributed by atoms with E-state index in [1.54, 1.807) is 24.9 Å². The van der Waals surface area contributed by atoms with Crippen LogP contribution in [0.5, 0.6) is 0 Å². The van der Waals surface area contributed by atoms with E-state index in [9.17, 15) is 14.9 Å². The number of methoxy groups -OCH3 is 1. The highest BCUT2D eigenvalue weighted by Crippen LogP contribution is 2.28. The summed E-state index contributed by atoms with van der Waals surface area (Å²) in [5, 5.41) is 12.2. The van der Waals surface area contributed by atoms with Crippen molar-refractivity contribution in [2.75, 3.05) is 20.7 Å². The van der Waals surface area contributed by atoms with Crippen LogP contribution in [0.2, 0.25) is 0 Å². The van der Waals surface area contributed by atoms with Gasteiger partial charge in [0, 0.05) is 0 Å². The van der Waals surface area contributed by atoms with E-state index >= 15 is 0 Å². The van der Waals surface area contributed by atoms with Gasteiger partial charge in [0.15, 0.2) is 0 Å². The number of hydrogen-bond donors (Lipinski definition) is 1. The summed E-state index contributed by atoms with van der Waals surface area (Å²) in [7, 11) is 3.10. The first kappa shape index (κ1) is 18.0. The molecule has 2 rings (SSSR count). The lowest BCUT2D eigenvalue weighted by molar-refractivity contribution is -0.123. The van der Waals surface area contributed by atoms with Crippen molar-refractivity contribution in [1.29, 1.82) is 5.26 Å². The molecule has 0 aliphatic heterocycles. The van der Waals surface area contributed by atoms with Gasteiger partial charge in [-0.2, -0.15) is 5.26 Å². The number of nitrogens with zero attached hydrogens (tertiary/aromatic N) is 2. The zero-order valence-corrected chi connectivity index (χ0v) is 14.3. The smallest absolute Gasteiger partial charge is 0.341 e. The van der Waals surface area contributed by atoms with Crippen LogP contribution in [-0.4, -0.2) is 43.0 Å². The van der Waals surface area contributed by atoms with E-state index in [2.05, 4.69) is 11.4 Å². The molecule has 1 aromatic heterocycles. The Balaban J connectivity index is 1.91. The molecule has 1 aliphatic carbocycles. The molecule has 0 spiro atoms. The van der Waals surface area contributed by atoms with E-state index in [0.29, 0.717) is 36.5 Å². The Bertz CT molecular complexity index is 653. The Morgan fingerprint density at radius 1 is 1.46 bits per heavy atom. The minimum atomic E-state index is -0.711. The maximum Gasteiger partial charge on any atom is 0.341 e. The van der Waals surface area contributed by atoms with Crippen LogP contribution >= 0.6 is 0 Å². The Morgan fingerprint density at radius 2 is 2.12 bits per heavy atom. The second kappa shape index (κ2) is 7.49. The summed E-state index contributed by atoms with van der Waals surface area (Å²) < 4.78 is 10.2. The van der Waals surface area contributed by atoms with Gasteiger partial charge in [-0.3, -0.25) is 9.69 Å². The fourth-order valence-corrected chi connectivity index (χ4v) is 3.05. The van der Waals surface area contributed by atoms with Crippen molar-refractivity contribution in [2.45, 2.75) is 44.7 Å². The molecule has 1 aliphatic rings. The maximum absolute atomic E-state index is 12.2. The molecule has 1 aromatic rings. The third-order valence-corrected chi connectivity index (χ3v) is 4.26. The quantitative estimate of drug-likeness (QED) is 0.797. The van der Waals surface area contributed by atoms with Gasteiger partial charge in [0.1, 0.15) is 22.6 Å². The molecule has 1 amide bonds. The van der Waals surface area contributed by atoms with Crippen LogP contribution < -0.4 is 5.32 Å². The van der Waals surface area contributed by atoms with E-state index in [-0.39, 0.29) is 12.5 Å². The molecule has 1 N–H and O–H groups in total. The van der Waals surface area contributed by atoms with Crippen LogP contribution in [0, 0.1) is 18.3 Å². The SMILES string of the molecule is COC(=O)c1cc(CN(C)CC(=O)NC2(C#N)CCCC2)oc1C. The second-order valence-corrected chi connectivity index (χ2v) is 6.30. The molecule has 0 radical (unpaired) electrons. The van der Waals surface area contributed by atoms with Gasteiger partial charge in [0.25, 0.3) is 0 Å². The van der Waals surface area contributed by atoms with Crippen molar-refractivity contribution in [3.63, 3.8) is 0 Å². The molecule has 130 valence electrons. The highest BCUT2D eigenvalue weighted by atomic mass is 16.5. The highest BCUT2D eigenvalue weighted by Gasteiger charge is 2.35. The Hall–Kier alpha value is -2.33. The molecule has 0 saturated heterocycles. The maximum atomic E-state index is 12.2. The summed E-state index contributed by atoms with van der Waals surface area (Å²) in [5.74, 6) is 0.445. The number of esters is 1.